The minimum absolute atomic E-state index is 0.375. The van der Waals surface area contributed by atoms with E-state index in [1.54, 1.807) is 18.2 Å². The fourth-order valence-electron chi connectivity index (χ4n) is 1.51. The van der Waals surface area contributed by atoms with Gasteiger partial charge in [0.15, 0.2) is 11.0 Å². The molecule has 0 saturated heterocycles. The Labute approximate surface area is 121 Å². The van der Waals surface area contributed by atoms with Crippen LogP contribution >= 0.6 is 23.2 Å². The van der Waals surface area contributed by atoms with E-state index in [4.69, 9.17) is 28.5 Å². The zero-order chi connectivity index (χ0) is 14.0. The van der Waals surface area contributed by atoms with Gasteiger partial charge in [-0.3, -0.25) is 0 Å². The maximum absolute atomic E-state index is 8.89. The van der Waals surface area contributed by atoms with Gasteiger partial charge in [-0.15, -0.1) is 10.2 Å². The molecule has 0 bridgehead atoms. The van der Waals surface area contributed by atoms with Crippen molar-refractivity contribution in [3.63, 3.8) is 0 Å². The highest BCUT2D eigenvalue weighted by Gasteiger charge is 2.10. The highest BCUT2D eigenvalue weighted by atomic mass is 35.5. The number of hydrogen-bond acceptors (Lipinski definition) is 4. The third kappa shape index (κ3) is 2.78. The van der Waals surface area contributed by atoms with Crippen molar-refractivity contribution in [1.82, 2.24) is 10.2 Å². The Morgan fingerprint density at radius 2 is 1.89 bits per heavy atom. The van der Waals surface area contributed by atoms with Crippen molar-refractivity contribution in [2.75, 3.05) is 5.32 Å². The molecule has 19 heavy (non-hydrogen) atoms. The van der Waals surface area contributed by atoms with Gasteiger partial charge in [0.2, 0.25) is 0 Å². The molecule has 0 saturated carbocycles. The summed E-state index contributed by atoms with van der Waals surface area (Å²) in [5.41, 5.74) is 2.87. The lowest BCUT2D eigenvalue weighted by atomic mass is 10.2. The summed E-state index contributed by atoms with van der Waals surface area (Å²) in [6.07, 6.45) is 0. The van der Waals surface area contributed by atoms with Crippen molar-refractivity contribution in [2.45, 2.75) is 13.8 Å². The zero-order valence-corrected chi connectivity index (χ0v) is 11.8. The minimum atomic E-state index is 0.375. The summed E-state index contributed by atoms with van der Waals surface area (Å²) in [5, 5.41) is 20.7. The highest BCUT2D eigenvalue weighted by molar-refractivity contribution is 6.33. The molecule has 0 spiro atoms. The number of hydrogen-bond donors (Lipinski definition) is 1. The Morgan fingerprint density at radius 3 is 2.58 bits per heavy atom. The Hall–Kier alpha value is -1.83. The average Bonchev–Trinajstić information content (AvgIpc) is 2.41. The molecule has 4 nitrogen and oxygen atoms in total. The zero-order valence-electron chi connectivity index (χ0n) is 10.3. The van der Waals surface area contributed by atoms with Crippen LogP contribution in [0.3, 0.4) is 0 Å². The van der Waals surface area contributed by atoms with Crippen LogP contribution in [-0.2, 0) is 0 Å². The fourth-order valence-corrected chi connectivity index (χ4v) is 1.86. The minimum Gasteiger partial charge on any atom is -0.337 e. The van der Waals surface area contributed by atoms with Crippen molar-refractivity contribution < 1.29 is 0 Å². The van der Waals surface area contributed by atoms with Crippen molar-refractivity contribution in [1.29, 1.82) is 5.26 Å². The molecule has 0 aliphatic heterocycles. The first-order valence-electron chi connectivity index (χ1n) is 5.49. The first-order chi connectivity index (χ1) is 9.02. The van der Waals surface area contributed by atoms with Crippen LogP contribution in [0.5, 0.6) is 0 Å². The van der Waals surface area contributed by atoms with E-state index in [1.165, 1.54) is 0 Å². The van der Waals surface area contributed by atoms with Crippen molar-refractivity contribution in [2.24, 2.45) is 0 Å². The standard InChI is InChI=1S/C13H10Cl2N4/c1-7-8(2)13(19-18-12(7)15)17-11-5-9(6-16)3-4-10(11)14/h3-5H,1-2H3,(H,17,19). The molecule has 96 valence electrons. The Bertz CT molecular complexity index is 677. The first kappa shape index (κ1) is 13.6. The molecule has 0 aliphatic carbocycles. The van der Waals surface area contributed by atoms with Crippen LogP contribution < -0.4 is 5.32 Å². The number of nitrogens with one attached hydrogen (secondary N) is 1. The summed E-state index contributed by atoms with van der Waals surface area (Å²) < 4.78 is 0. The summed E-state index contributed by atoms with van der Waals surface area (Å²) in [7, 11) is 0. The van der Waals surface area contributed by atoms with E-state index in [1.807, 2.05) is 13.8 Å². The van der Waals surface area contributed by atoms with E-state index in [0.29, 0.717) is 27.2 Å². The van der Waals surface area contributed by atoms with Gasteiger partial charge in [0, 0.05) is 0 Å². The van der Waals surface area contributed by atoms with Gasteiger partial charge in [-0.05, 0) is 43.2 Å². The second kappa shape index (κ2) is 5.43. The third-order valence-electron chi connectivity index (χ3n) is 2.81. The van der Waals surface area contributed by atoms with Crippen LogP contribution in [0, 0.1) is 25.2 Å². The average molecular weight is 293 g/mol. The molecule has 0 radical (unpaired) electrons. The number of rotatable bonds is 2. The van der Waals surface area contributed by atoms with Gasteiger partial charge in [-0.25, -0.2) is 0 Å². The lowest BCUT2D eigenvalue weighted by Crippen LogP contribution is -2.02. The molecule has 0 fully saturated rings. The molecule has 1 aromatic heterocycles. The Morgan fingerprint density at radius 1 is 1.16 bits per heavy atom. The van der Waals surface area contributed by atoms with Gasteiger partial charge in [0.05, 0.1) is 22.3 Å². The molecule has 0 atom stereocenters. The van der Waals surface area contributed by atoms with Gasteiger partial charge in [-0.1, -0.05) is 23.2 Å². The SMILES string of the molecule is Cc1c(Cl)nnc(Nc2cc(C#N)ccc2Cl)c1C. The number of halogens is 2. The molecule has 1 N–H and O–H groups in total. The van der Waals surface area contributed by atoms with E-state index in [2.05, 4.69) is 21.6 Å². The number of nitrogens with zero attached hydrogens (tertiary/aromatic N) is 3. The highest BCUT2D eigenvalue weighted by Crippen LogP contribution is 2.28. The van der Waals surface area contributed by atoms with E-state index >= 15 is 0 Å². The summed E-state index contributed by atoms with van der Waals surface area (Å²) in [4.78, 5) is 0. The van der Waals surface area contributed by atoms with E-state index in [-0.39, 0.29) is 0 Å². The van der Waals surface area contributed by atoms with Gasteiger partial charge in [0.25, 0.3) is 0 Å². The quantitative estimate of drug-likeness (QED) is 0.908. The van der Waals surface area contributed by atoms with Crippen LogP contribution in [0.1, 0.15) is 16.7 Å². The Balaban J connectivity index is 2.42. The first-order valence-corrected chi connectivity index (χ1v) is 6.24. The maximum atomic E-state index is 8.89. The van der Waals surface area contributed by atoms with E-state index in [9.17, 15) is 0 Å². The second-order valence-corrected chi connectivity index (χ2v) is 4.79. The van der Waals surface area contributed by atoms with Gasteiger partial charge < -0.3 is 5.32 Å². The maximum Gasteiger partial charge on any atom is 0.156 e. The van der Waals surface area contributed by atoms with Crippen LogP contribution in [0.4, 0.5) is 11.5 Å². The third-order valence-corrected chi connectivity index (χ3v) is 3.50. The second-order valence-electron chi connectivity index (χ2n) is 4.02. The smallest absolute Gasteiger partial charge is 0.156 e. The number of nitriles is 1. The number of aromatic nitrogens is 2. The predicted molar refractivity (Wildman–Crippen MR) is 76.0 cm³/mol. The summed E-state index contributed by atoms with van der Waals surface area (Å²) in [5.74, 6) is 0.568. The molecular weight excluding hydrogens is 283 g/mol. The molecule has 0 amide bonds. The molecule has 6 heteroatoms. The van der Waals surface area contributed by atoms with E-state index in [0.717, 1.165) is 11.1 Å². The van der Waals surface area contributed by atoms with Gasteiger partial charge in [-0.2, -0.15) is 5.26 Å². The summed E-state index contributed by atoms with van der Waals surface area (Å²) >= 11 is 12.0. The Kier molecular flexibility index (Phi) is 3.89. The van der Waals surface area contributed by atoms with Gasteiger partial charge in [0.1, 0.15) is 0 Å². The topological polar surface area (TPSA) is 61.6 Å². The molecule has 0 aliphatic rings. The van der Waals surface area contributed by atoms with Crippen LogP contribution in [0.15, 0.2) is 18.2 Å². The van der Waals surface area contributed by atoms with Crippen LogP contribution in [0.2, 0.25) is 10.2 Å². The van der Waals surface area contributed by atoms with Crippen LogP contribution in [-0.4, -0.2) is 10.2 Å². The van der Waals surface area contributed by atoms with Crippen LogP contribution in [0.25, 0.3) is 0 Å². The molecule has 2 rings (SSSR count). The predicted octanol–water partition coefficient (Wildman–Crippen LogP) is 4.02. The molecular formula is C13H10Cl2N4. The molecule has 1 heterocycles. The lowest BCUT2D eigenvalue weighted by molar-refractivity contribution is 1.00. The largest absolute Gasteiger partial charge is 0.337 e. The van der Waals surface area contributed by atoms with Crippen molar-refractivity contribution in [3.05, 3.63) is 45.1 Å². The van der Waals surface area contributed by atoms with E-state index < -0.39 is 0 Å². The number of anilines is 2. The molecule has 0 unspecified atom stereocenters. The normalized spacial score (nSPS) is 10.1. The molecule has 2 aromatic rings. The van der Waals surface area contributed by atoms with Crippen molar-refractivity contribution >= 4 is 34.7 Å². The lowest BCUT2D eigenvalue weighted by Gasteiger charge is -2.11. The summed E-state index contributed by atoms with van der Waals surface area (Å²) in [6.45, 7) is 3.76. The van der Waals surface area contributed by atoms with Gasteiger partial charge >= 0.3 is 0 Å². The summed E-state index contributed by atoms with van der Waals surface area (Å²) in [6, 6.07) is 7.03. The van der Waals surface area contributed by atoms with Crippen molar-refractivity contribution in [3.8, 4) is 6.07 Å². The fraction of sp³-hybridized carbons (Fsp3) is 0.154. The monoisotopic (exact) mass is 292 g/mol. The molecule has 1 aromatic carbocycles. The number of benzene rings is 1.